The molecule has 0 unspecified atom stereocenters. The van der Waals surface area contributed by atoms with E-state index in [1.165, 1.54) is 6.20 Å². The predicted octanol–water partition coefficient (Wildman–Crippen LogP) is 2.57. The van der Waals surface area contributed by atoms with Crippen LogP contribution in [-0.4, -0.2) is 23.8 Å². The van der Waals surface area contributed by atoms with Gasteiger partial charge in [0.15, 0.2) is 11.8 Å². The van der Waals surface area contributed by atoms with Crippen molar-refractivity contribution in [2.75, 3.05) is 11.9 Å². The molecule has 0 radical (unpaired) electrons. The summed E-state index contributed by atoms with van der Waals surface area (Å²) >= 11 is 5.82. The van der Waals surface area contributed by atoms with E-state index >= 15 is 0 Å². The van der Waals surface area contributed by atoms with Gasteiger partial charge in [0, 0.05) is 11.8 Å². The van der Waals surface area contributed by atoms with Crippen molar-refractivity contribution in [2.45, 2.75) is 0 Å². The molecule has 0 atom stereocenters. The van der Waals surface area contributed by atoms with Crippen LogP contribution in [0.5, 0.6) is 5.75 Å². The summed E-state index contributed by atoms with van der Waals surface area (Å²) < 4.78 is 5.29. The van der Waals surface area contributed by atoms with Gasteiger partial charge in [-0.25, -0.2) is 4.98 Å². The number of carbonyl (C=O) groups excluding carboxylic acids is 2. The fraction of sp³-hybridized carbons (Fsp3) is 0.0714. The highest BCUT2D eigenvalue weighted by molar-refractivity contribution is 6.32. The van der Waals surface area contributed by atoms with Crippen LogP contribution in [0.1, 0.15) is 10.4 Å². The molecule has 2 rings (SSSR count). The van der Waals surface area contributed by atoms with Gasteiger partial charge in [-0.15, -0.1) is 0 Å². The zero-order chi connectivity index (χ0) is 14.4. The first kappa shape index (κ1) is 14.0. The maximum atomic E-state index is 11.7. The van der Waals surface area contributed by atoms with E-state index < -0.39 is 0 Å². The van der Waals surface area contributed by atoms with Gasteiger partial charge in [0.1, 0.15) is 12.0 Å². The molecule has 1 heterocycles. The zero-order valence-electron chi connectivity index (χ0n) is 10.4. The maximum Gasteiger partial charge on any atom is 0.262 e. The Labute approximate surface area is 120 Å². The highest BCUT2D eigenvalue weighted by Gasteiger charge is 2.06. The highest BCUT2D eigenvalue weighted by Crippen LogP contribution is 2.17. The standard InChI is InChI=1S/C14H11ClN2O3/c15-14-12(2-1-7-16-14)17-13(19)9-20-11-5-3-10(8-18)4-6-11/h1-8H,9H2,(H,17,19). The van der Waals surface area contributed by atoms with Gasteiger partial charge in [-0.1, -0.05) is 11.6 Å². The molecular weight excluding hydrogens is 280 g/mol. The summed E-state index contributed by atoms with van der Waals surface area (Å²) in [5.41, 5.74) is 0.975. The Kier molecular flexibility index (Phi) is 4.68. The molecule has 1 N–H and O–H groups in total. The third-order valence-corrected chi connectivity index (χ3v) is 2.72. The fourth-order valence-electron chi connectivity index (χ4n) is 1.46. The molecule has 0 aliphatic rings. The van der Waals surface area contributed by atoms with Gasteiger partial charge in [-0.3, -0.25) is 9.59 Å². The molecule has 0 bridgehead atoms. The Bertz CT molecular complexity index is 614. The number of hydrogen-bond donors (Lipinski definition) is 1. The predicted molar refractivity (Wildman–Crippen MR) is 75.2 cm³/mol. The lowest BCUT2D eigenvalue weighted by molar-refractivity contribution is -0.118. The number of amides is 1. The first-order chi connectivity index (χ1) is 9.69. The Balaban J connectivity index is 1.88. The molecule has 0 saturated heterocycles. The van der Waals surface area contributed by atoms with E-state index in [1.807, 2.05) is 0 Å². The number of nitrogens with zero attached hydrogens (tertiary/aromatic N) is 1. The number of aromatic nitrogens is 1. The quantitative estimate of drug-likeness (QED) is 0.679. The maximum absolute atomic E-state index is 11.7. The smallest absolute Gasteiger partial charge is 0.262 e. The lowest BCUT2D eigenvalue weighted by atomic mass is 10.2. The first-order valence-electron chi connectivity index (χ1n) is 5.77. The summed E-state index contributed by atoms with van der Waals surface area (Å²) in [6, 6.07) is 9.77. The molecule has 102 valence electrons. The average Bonchev–Trinajstić information content (AvgIpc) is 2.48. The van der Waals surface area contributed by atoms with E-state index in [0.717, 1.165) is 6.29 Å². The van der Waals surface area contributed by atoms with Crippen LogP contribution in [-0.2, 0) is 4.79 Å². The Morgan fingerprint density at radius 3 is 2.70 bits per heavy atom. The summed E-state index contributed by atoms with van der Waals surface area (Å²) in [4.78, 5) is 26.0. The van der Waals surface area contributed by atoms with Crippen LogP contribution in [0.4, 0.5) is 5.69 Å². The third kappa shape index (κ3) is 3.80. The van der Waals surface area contributed by atoms with Gasteiger partial charge in [0.05, 0.1) is 5.69 Å². The van der Waals surface area contributed by atoms with E-state index in [0.29, 0.717) is 17.0 Å². The summed E-state index contributed by atoms with van der Waals surface area (Å²) in [7, 11) is 0. The van der Waals surface area contributed by atoms with E-state index in [1.54, 1.807) is 36.4 Å². The van der Waals surface area contributed by atoms with Gasteiger partial charge < -0.3 is 10.1 Å². The molecular formula is C14H11ClN2O3. The number of rotatable bonds is 5. The number of benzene rings is 1. The summed E-state index contributed by atoms with van der Waals surface area (Å²) in [6.07, 6.45) is 2.27. The van der Waals surface area contributed by atoms with Crippen molar-refractivity contribution < 1.29 is 14.3 Å². The van der Waals surface area contributed by atoms with Gasteiger partial charge in [-0.05, 0) is 36.4 Å². The number of pyridine rings is 1. The summed E-state index contributed by atoms with van der Waals surface area (Å²) in [5, 5.41) is 2.81. The number of ether oxygens (including phenoxy) is 1. The molecule has 0 spiro atoms. The van der Waals surface area contributed by atoms with Crippen molar-refractivity contribution in [1.82, 2.24) is 4.98 Å². The molecule has 1 amide bonds. The van der Waals surface area contributed by atoms with E-state index in [-0.39, 0.29) is 17.7 Å². The number of nitrogens with one attached hydrogen (secondary N) is 1. The lowest BCUT2D eigenvalue weighted by Crippen LogP contribution is -2.20. The van der Waals surface area contributed by atoms with Gasteiger partial charge in [0.25, 0.3) is 5.91 Å². The van der Waals surface area contributed by atoms with Crippen LogP contribution in [0.25, 0.3) is 0 Å². The normalized spacial score (nSPS) is 9.85. The second kappa shape index (κ2) is 6.68. The van der Waals surface area contributed by atoms with Gasteiger partial charge >= 0.3 is 0 Å². The Morgan fingerprint density at radius 2 is 2.05 bits per heavy atom. The van der Waals surface area contributed by atoms with Crippen LogP contribution < -0.4 is 10.1 Å². The third-order valence-electron chi connectivity index (χ3n) is 2.42. The van der Waals surface area contributed by atoms with Crippen molar-refractivity contribution in [3.63, 3.8) is 0 Å². The van der Waals surface area contributed by atoms with Crippen LogP contribution in [0.3, 0.4) is 0 Å². The summed E-state index contributed by atoms with van der Waals surface area (Å²) in [5.74, 6) is 0.155. The minimum absolute atomic E-state index is 0.161. The minimum atomic E-state index is -0.348. The molecule has 0 saturated carbocycles. The SMILES string of the molecule is O=Cc1ccc(OCC(=O)Nc2cccnc2Cl)cc1. The van der Waals surface area contributed by atoms with Crippen LogP contribution in [0, 0.1) is 0 Å². The molecule has 1 aromatic carbocycles. The molecule has 6 heteroatoms. The number of anilines is 1. The largest absolute Gasteiger partial charge is 0.484 e. The lowest BCUT2D eigenvalue weighted by Gasteiger charge is -2.08. The highest BCUT2D eigenvalue weighted by atomic mass is 35.5. The molecule has 0 fully saturated rings. The van der Waals surface area contributed by atoms with E-state index in [2.05, 4.69) is 10.3 Å². The number of carbonyl (C=O) groups is 2. The molecule has 20 heavy (non-hydrogen) atoms. The van der Waals surface area contributed by atoms with Crippen LogP contribution >= 0.6 is 11.6 Å². The van der Waals surface area contributed by atoms with Crippen LogP contribution in [0.15, 0.2) is 42.6 Å². The number of aldehydes is 1. The number of halogens is 1. The van der Waals surface area contributed by atoms with Crippen molar-refractivity contribution in [3.8, 4) is 5.75 Å². The molecule has 2 aromatic rings. The second-order valence-electron chi connectivity index (χ2n) is 3.87. The Morgan fingerprint density at radius 1 is 1.30 bits per heavy atom. The second-order valence-corrected chi connectivity index (χ2v) is 4.22. The van der Waals surface area contributed by atoms with Gasteiger partial charge in [-0.2, -0.15) is 0 Å². The van der Waals surface area contributed by atoms with Crippen molar-refractivity contribution in [2.24, 2.45) is 0 Å². The van der Waals surface area contributed by atoms with E-state index in [4.69, 9.17) is 16.3 Å². The number of hydrogen-bond acceptors (Lipinski definition) is 4. The molecule has 1 aromatic heterocycles. The molecule has 5 nitrogen and oxygen atoms in total. The van der Waals surface area contributed by atoms with E-state index in [9.17, 15) is 9.59 Å². The minimum Gasteiger partial charge on any atom is -0.484 e. The summed E-state index contributed by atoms with van der Waals surface area (Å²) in [6.45, 7) is -0.161. The monoisotopic (exact) mass is 290 g/mol. The van der Waals surface area contributed by atoms with Crippen molar-refractivity contribution in [3.05, 3.63) is 53.3 Å². The Hall–Kier alpha value is -2.40. The van der Waals surface area contributed by atoms with Crippen LogP contribution in [0.2, 0.25) is 5.15 Å². The topological polar surface area (TPSA) is 68.3 Å². The first-order valence-corrected chi connectivity index (χ1v) is 6.15. The fourth-order valence-corrected chi connectivity index (χ4v) is 1.62. The van der Waals surface area contributed by atoms with Crippen molar-refractivity contribution >= 4 is 29.5 Å². The average molecular weight is 291 g/mol. The van der Waals surface area contributed by atoms with Crippen molar-refractivity contribution in [1.29, 1.82) is 0 Å². The zero-order valence-corrected chi connectivity index (χ0v) is 11.1. The van der Waals surface area contributed by atoms with Gasteiger partial charge in [0.2, 0.25) is 0 Å². The molecule has 0 aliphatic carbocycles. The molecule has 0 aliphatic heterocycles.